The molecule has 3 aliphatic rings. The number of aryl methyl sites for hydroxylation is 1. The number of H-pyrrole nitrogens is 1. The lowest BCUT2D eigenvalue weighted by atomic mass is 9.98. The van der Waals surface area contributed by atoms with Gasteiger partial charge in [0.2, 0.25) is 11.8 Å². The molecule has 0 spiro atoms. The summed E-state index contributed by atoms with van der Waals surface area (Å²) in [6.07, 6.45) is 0.858. The molecule has 4 N–H and O–H groups in total. The number of piperidine rings is 2. The number of aromatic nitrogens is 4. The molecule has 0 radical (unpaired) electrons. The summed E-state index contributed by atoms with van der Waals surface area (Å²) >= 11 is 0. The summed E-state index contributed by atoms with van der Waals surface area (Å²) in [7, 11) is 3.61. The van der Waals surface area contributed by atoms with Crippen molar-refractivity contribution in [2.75, 3.05) is 25.0 Å². The number of rotatable bonds is 8. The Morgan fingerprint density at radius 3 is 2.49 bits per heavy atom. The van der Waals surface area contributed by atoms with Crippen LogP contribution in [0.3, 0.4) is 0 Å². The van der Waals surface area contributed by atoms with Gasteiger partial charge in [-0.05, 0) is 73.2 Å². The van der Waals surface area contributed by atoms with Crippen LogP contribution in [0.4, 0.5) is 10.5 Å². The fraction of sp³-hybridized carbons (Fsp3) is 0.366. The van der Waals surface area contributed by atoms with Crippen LogP contribution in [0, 0.1) is 0 Å². The van der Waals surface area contributed by atoms with Crippen LogP contribution < -0.4 is 15.9 Å². The summed E-state index contributed by atoms with van der Waals surface area (Å²) in [6, 6.07) is 15.1. The van der Waals surface area contributed by atoms with Crippen molar-refractivity contribution in [1.82, 2.24) is 34.4 Å². The van der Waals surface area contributed by atoms with E-state index in [2.05, 4.69) is 31.0 Å². The summed E-state index contributed by atoms with van der Waals surface area (Å²) in [5, 5.41) is 31.1. The van der Waals surface area contributed by atoms with Crippen LogP contribution in [0.25, 0.3) is 28.0 Å². The Kier molecular flexibility index (Phi) is 9.59. The number of hydrogen-bond acceptors (Lipinski definition) is 10. The van der Waals surface area contributed by atoms with Crippen molar-refractivity contribution >= 4 is 40.4 Å². The summed E-state index contributed by atoms with van der Waals surface area (Å²) in [6.45, 7) is 6.06. The minimum Gasteiger partial charge on any atom is -0.508 e. The molecule has 2 fully saturated rings. The van der Waals surface area contributed by atoms with Gasteiger partial charge in [0.05, 0.1) is 16.9 Å². The molecular formula is C41H44N8O8. The molecule has 1 atom stereocenters. The second-order valence-corrected chi connectivity index (χ2v) is 15.3. The number of amides is 4. The van der Waals surface area contributed by atoms with Crippen molar-refractivity contribution in [1.29, 1.82) is 0 Å². The zero-order chi connectivity index (χ0) is 40.3. The molecule has 5 aromatic rings. The predicted molar refractivity (Wildman–Crippen MR) is 209 cm³/mol. The van der Waals surface area contributed by atoms with E-state index in [1.165, 1.54) is 20.4 Å². The molecule has 0 bridgehead atoms. The number of phenols is 2. The number of imide groups is 1. The Morgan fingerprint density at radius 1 is 0.982 bits per heavy atom. The minimum absolute atomic E-state index is 0.0251. The van der Waals surface area contributed by atoms with Gasteiger partial charge >= 0.3 is 11.8 Å². The van der Waals surface area contributed by atoms with Crippen LogP contribution in [0.5, 0.6) is 11.5 Å². The monoisotopic (exact) mass is 776 g/mol. The predicted octanol–water partition coefficient (Wildman–Crippen LogP) is 4.25. The number of carbonyl (C=O) groups excluding carboxylic acids is 4. The van der Waals surface area contributed by atoms with Crippen LogP contribution in [-0.2, 0) is 34.5 Å². The van der Waals surface area contributed by atoms with Crippen LogP contribution in [0.1, 0.15) is 72.6 Å². The van der Waals surface area contributed by atoms with Crippen molar-refractivity contribution < 1.29 is 34.1 Å². The van der Waals surface area contributed by atoms with Gasteiger partial charge in [-0.3, -0.25) is 29.5 Å². The van der Waals surface area contributed by atoms with Gasteiger partial charge in [-0.1, -0.05) is 19.9 Å². The molecule has 5 heterocycles. The number of benzene rings is 3. The molecule has 296 valence electrons. The average Bonchev–Trinajstić information content (AvgIpc) is 3.83. The fourth-order valence-electron chi connectivity index (χ4n) is 8.26. The molecule has 2 aromatic heterocycles. The number of phenolic OH excluding ortho intramolecular Hbond substituents is 2. The SMILES string of the molecule is CC(C)c1cc(-c2n[nH]c(=O)n2-c2ccc3c(c2)cc(CN2CCC(OC(=O)N(C)c4cccc5c4CN(C4CCC(=O)NC4=O)C5=O)CC2)n3C)c(O)cc1O. The molecular weight excluding hydrogens is 732 g/mol. The third-order valence-corrected chi connectivity index (χ3v) is 11.4. The number of aromatic hydroxyl groups is 2. The zero-order valence-corrected chi connectivity index (χ0v) is 32.1. The Morgan fingerprint density at radius 2 is 1.75 bits per heavy atom. The lowest BCUT2D eigenvalue weighted by Crippen LogP contribution is -2.52. The smallest absolute Gasteiger partial charge is 0.414 e. The third kappa shape index (κ3) is 6.79. The molecule has 16 heteroatoms. The highest BCUT2D eigenvalue weighted by Crippen LogP contribution is 2.38. The number of aromatic amines is 1. The van der Waals surface area contributed by atoms with Crippen LogP contribution >= 0.6 is 0 Å². The van der Waals surface area contributed by atoms with E-state index in [4.69, 9.17) is 4.74 Å². The van der Waals surface area contributed by atoms with Gasteiger partial charge in [0.25, 0.3) is 5.91 Å². The number of nitrogens with zero attached hydrogens (tertiary/aromatic N) is 6. The first kappa shape index (κ1) is 37.5. The lowest BCUT2D eigenvalue weighted by molar-refractivity contribution is -0.136. The molecule has 16 nitrogen and oxygen atoms in total. The molecule has 3 aromatic carbocycles. The zero-order valence-electron chi connectivity index (χ0n) is 32.1. The fourth-order valence-corrected chi connectivity index (χ4v) is 8.26. The molecule has 8 rings (SSSR count). The second kappa shape index (κ2) is 14.6. The van der Waals surface area contributed by atoms with E-state index in [9.17, 15) is 34.2 Å². The summed E-state index contributed by atoms with van der Waals surface area (Å²) in [5.41, 5.74) is 4.68. The number of hydrogen-bond donors (Lipinski definition) is 4. The molecule has 3 aliphatic heterocycles. The first-order valence-corrected chi connectivity index (χ1v) is 19.0. The maximum atomic E-state index is 13.4. The number of nitrogens with one attached hydrogen (secondary N) is 2. The first-order valence-electron chi connectivity index (χ1n) is 19.0. The van der Waals surface area contributed by atoms with Crippen molar-refractivity contribution in [3.05, 3.63) is 87.5 Å². The third-order valence-electron chi connectivity index (χ3n) is 11.4. The van der Waals surface area contributed by atoms with Gasteiger partial charge in [0.1, 0.15) is 23.6 Å². The largest absolute Gasteiger partial charge is 0.508 e. The van der Waals surface area contributed by atoms with Gasteiger partial charge < -0.3 is 24.4 Å². The van der Waals surface area contributed by atoms with Crippen LogP contribution in [0.2, 0.25) is 0 Å². The molecule has 0 aliphatic carbocycles. The Hall–Kier alpha value is -6.42. The summed E-state index contributed by atoms with van der Waals surface area (Å²) in [4.78, 5) is 69.2. The normalized spacial score (nSPS) is 17.7. The van der Waals surface area contributed by atoms with Gasteiger partial charge in [0.15, 0.2) is 5.82 Å². The maximum absolute atomic E-state index is 13.4. The molecule has 1 unspecified atom stereocenters. The number of anilines is 1. The van der Waals surface area contributed by atoms with Crippen LogP contribution in [0.15, 0.2) is 59.4 Å². The van der Waals surface area contributed by atoms with Crippen LogP contribution in [-0.4, -0.2) is 95.4 Å². The second-order valence-electron chi connectivity index (χ2n) is 15.3. The van der Waals surface area contributed by atoms with E-state index in [1.807, 2.05) is 39.1 Å². The first-order chi connectivity index (χ1) is 27.3. The molecule has 2 saturated heterocycles. The Labute approximate surface area is 327 Å². The van der Waals surface area contributed by atoms with Crippen molar-refractivity contribution in [2.45, 2.75) is 70.7 Å². The minimum atomic E-state index is -0.752. The highest BCUT2D eigenvalue weighted by atomic mass is 16.6. The average molecular weight is 777 g/mol. The van der Waals surface area contributed by atoms with Gasteiger partial charge in [-0.25, -0.2) is 19.3 Å². The van der Waals surface area contributed by atoms with E-state index in [0.29, 0.717) is 66.1 Å². The topological polar surface area (TPSA) is 195 Å². The summed E-state index contributed by atoms with van der Waals surface area (Å²) < 4.78 is 9.48. The molecule has 4 amide bonds. The van der Waals surface area contributed by atoms with Crippen molar-refractivity contribution in [3.8, 4) is 28.6 Å². The van der Waals surface area contributed by atoms with Crippen molar-refractivity contribution in [2.24, 2.45) is 7.05 Å². The number of carbonyl (C=O) groups is 4. The van der Waals surface area contributed by atoms with E-state index in [0.717, 1.165) is 16.6 Å². The quantitative estimate of drug-likeness (QED) is 0.166. The van der Waals surface area contributed by atoms with Gasteiger partial charge in [-0.2, -0.15) is 5.10 Å². The molecule has 0 saturated carbocycles. The van der Waals surface area contributed by atoms with E-state index in [-0.39, 0.29) is 60.5 Å². The number of likely N-dealkylation sites (tertiary alicyclic amines) is 1. The van der Waals surface area contributed by atoms with Gasteiger partial charge in [0, 0.05) is 80.5 Å². The molecule has 57 heavy (non-hydrogen) atoms. The van der Waals surface area contributed by atoms with E-state index < -0.39 is 23.7 Å². The number of ether oxygens (including phenoxy) is 1. The van der Waals surface area contributed by atoms with Crippen molar-refractivity contribution in [3.63, 3.8) is 0 Å². The maximum Gasteiger partial charge on any atom is 0.414 e. The standard InChI is InChI=1S/C41H44N8O8/c1-22(2)28-18-29(35(51)19-34(28)50)37-43-44-40(55)49(37)24-8-9-31-23(16-24)17-25(45(31)3)20-47-14-12-26(13-15-47)57-41(56)46(4)32-7-5-6-27-30(32)21-48(39(27)54)33-10-11-36(52)42-38(33)53/h5-9,16-19,22,26,33,50-51H,10-15,20-21H2,1-4H3,(H,44,55)(H,42,52,53). The highest BCUT2D eigenvalue weighted by Gasteiger charge is 2.40. The van der Waals surface area contributed by atoms with E-state index >= 15 is 0 Å². The summed E-state index contributed by atoms with van der Waals surface area (Å²) in [5.74, 6) is -1.17. The Balaban J connectivity index is 0.916. The van der Waals surface area contributed by atoms with Gasteiger partial charge in [-0.15, -0.1) is 0 Å². The lowest BCUT2D eigenvalue weighted by Gasteiger charge is -2.32. The Bertz CT molecular complexity index is 2510. The highest BCUT2D eigenvalue weighted by molar-refractivity contribution is 6.06. The number of fused-ring (bicyclic) bond motifs is 2. The van der Waals surface area contributed by atoms with E-state index in [1.54, 1.807) is 31.3 Å².